The van der Waals surface area contributed by atoms with Crippen molar-refractivity contribution in [2.24, 2.45) is 0 Å². The van der Waals surface area contributed by atoms with E-state index in [1.165, 1.54) is 17.3 Å². The third kappa shape index (κ3) is 5.38. The number of thiazole rings is 1. The second kappa shape index (κ2) is 10.3. The van der Waals surface area contributed by atoms with Gasteiger partial charge in [0.2, 0.25) is 0 Å². The lowest BCUT2D eigenvalue weighted by Gasteiger charge is -2.14. The summed E-state index contributed by atoms with van der Waals surface area (Å²) in [6, 6.07) is 16.3. The van der Waals surface area contributed by atoms with Crippen LogP contribution in [0.25, 0.3) is 11.1 Å². The Bertz CT molecular complexity index is 1130. The molecule has 8 nitrogen and oxygen atoms in total. The monoisotopic (exact) mass is 465 g/mol. The number of carbonyl (C=O) groups excluding carboxylic acids is 2. The molecule has 0 spiro atoms. The molecule has 0 unspecified atom stereocenters. The molecule has 170 valence electrons. The number of aromatic nitrogens is 1. The average molecular weight is 466 g/mol. The highest BCUT2D eigenvalue weighted by Crippen LogP contribution is 2.44. The van der Waals surface area contributed by atoms with Crippen LogP contribution in [-0.4, -0.2) is 41.2 Å². The number of aliphatic carboxylic acids is 1. The van der Waals surface area contributed by atoms with Crippen LogP contribution >= 0.6 is 11.3 Å². The summed E-state index contributed by atoms with van der Waals surface area (Å²) < 4.78 is 5.50. The van der Waals surface area contributed by atoms with Gasteiger partial charge in [-0.1, -0.05) is 48.5 Å². The minimum atomic E-state index is -0.899. The molecule has 1 aromatic heterocycles. The topological polar surface area (TPSA) is 118 Å². The zero-order valence-electron chi connectivity index (χ0n) is 17.7. The lowest BCUT2D eigenvalue weighted by molar-refractivity contribution is -0.137. The molecule has 0 radical (unpaired) electrons. The number of nitrogens with one attached hydrogen (secondary N) is 2. The Hall–Kier alpha value is -3.72. The molecule has 2 aromatic carbocycles. The number of carboxylic acid groups (broad SMARTS) is 1. The van der Waals surface area contributed by atoms with Crippen LogP contribution in [0.5, 0.6) is 0 Å². The van der Waals surface area contributed by atoms with E-state index in [1.807, 2.05) is 24.3 Å². The first-order valence-electron chi connectivity index (χ1n) is 10.6. The summed E-state index contributed by atoms with van der Waals surface area (Å²) in [7, 11) is 0. The maximum atomic E-state index is 12.3. The zero-order chi connectivity index (χ0) is 23.2. The summed E-state index contributed by atoms with van der Waals surface area (Å²) in [6.45, 7) is 0.645. The first-order chi connectivity index (χ1) is 16.0. The van der Waals surface area contributed by atoms with Crippen LogP contribution in [0.4, 0.5) is 4.79 Å². The standard InChI is InChI=1S/C24H23N3O5S/c28-22(29)10-5-11-25-23(30)20-12-26-21(33-20)13-27-24(31)32-14-19-17-8-3-1-6-15(17)16-7-2-4-9-18(16)19/h1-4,6-9,12,19H,5,10-11,13-14H2,(H,25,30)(H,27,31)(H,28,29). The van der Waals surface area contributed by atoms with Crippen molar-refractivity contribution < 1.29 is 24.2 Å². The van der Waals surface area contributed by atoms with Gasteiger partial charge in [0.25, 0.3) is 5.91 Å². The van der Waals surface area contributed by atoms with Gasteiger partial charge in [0, 0.05) is 18.9 Å². The number of carboxylic acids is 1. The van der Waals surface area contributed by atoms with Crippen molar-refractivity contribution >= 4 is 29.3 Å². The summed E-state index contributed by atoms with van der Waals surface area (Å²) in [4.78, 5) is 39.4. The van der Waals surface area contributed by atoms with Crippen molar-refractivity contribution in [1.29, 1.82) is 0 Å². The van der Waals surface area contributed by atoms with Crippen LogP contribution in [0.15, 0.2) is 54.7 Å². The Morgan fingerprint density at radius 3 is 2.33 bits per heavy atom. The Labute approximate surface area is 194 Å². The number of ether oxygens (including phenoxy) is 1. The summed E-state index contributed by atoms with van der Waals surface area (Å²) in [6.07, 6.45) is 1.24. The van der Waals surface area contributed by atoms with Crippen molar-refractivity contribution in [2.45, 2.75) is 25.3 Å². The first-order valence-corrected chi connectivity index (χ1v) is 11.4. The molecule has 2 amide bonds. The van der Waals surface area contributed by atoms with Gasteiger partial charge in [0.15, 0.2) is 0 Å². The molecule has 0 fully saturated rings. The van der Waals surface area contributed by atoms with Crippen molar-refractivity contribution in [3.05, 3.63) is 75.7 Å². The lowest BCUT2D eigenvalue weighted by atomic mass is 9.98. The second-order valence-corrected chi connectivity index (χ2v) is 8.67. The maximum absolute atomic E-state index is 12.3. The normalized spacial score (nSPS) is 12.0. The van der Waals surface area contributed by atoms with Gasteiger partial charge in [-0.3, -0.25) is 9.59 Å². The van der Waals surface area contributed by atoms with E-state index in [2.05, 4.69) is 39.9 Å². The largest absolute Gasteiger partial charge is 0.481 e. The molecule has 4 rings (SSSR count). The average Bonchev–Trinajstić information content (AvgIpc) is 3.42. The molecule has 3 N–H and O–H groups in total. The molecular formula is C24H23N3O5S. The van der Waals surface area contributed by atoms with E-state index in [-0.39, 0.29) is 37.9 Å². The third-order valence-electron chi connectivity index (χ3n) is 5.36. The maximum Gasteiger partial charge on any atom is 0.407 e. The van der Waals surface area contributed by atoms with E-state index >= 15 is 0 Å². The number of nitrogens with zero attached hydrogens (tertiary/aromatic N) is 1. The van der Waals surface area contributed by atoms with Gasteiger partial charge in [0.1, 0.15) is 16.5 Å². The quantitative estimate of drug-likeness (QED) is 0.414. The van der Waals surface area contributed by atoms with Gasteiger partial charge in [-0.15, -0.1) is 11.3 Å². The second-order valence-electron chi connectivity index (χ2n) is 7.55. The van der Waals surface area contributed by atoms with Crippen LogP contribution in [-0.2, 0) is 16.1 Å². The van der Waals surface area contributed by atoms with E-state index in [9.17, 15) is 14.4 Å². The number of rotatable bonds is 9. The Balaban J connectivity index is 1.26. The van der Waals surface area contributed by atoms with Crippen LogP contribution in [0.1, 0.15) is 44.6 Å². The number of amides is 2. The van der Waals surface area contributed by atoms with E-state index < -0.39 is 12.1 Å². The number of fused-ring (bicyclic) bond motifs is 3. The minimum absolute atomic E-state index is 0.00171. The Morgan fingerprint density at radius 1 is 1.00 bits per heavy atom. The number of hydrogen-bond donors (Lipinski definition) is 3. The predicted molar refractivity (Wildman–Crippen MR) is 123 cm³/mol. The number of hydrogen-bond acceptors (Lipinski definition) is 6. The van der Waals surface area contributed by atoms with Crippen molar-refractivity contribution in [2.75, 3.05) is 13.2 Å². The van der Waals surface area contributed by atoms with Gasteiger partial charge in [-0.05, 0) is 28.7 Å². The highest BCUT2D eigenvalue weighted by Gasteiger charge is 2.29. The van der Waals surface area contributed by atoms with Gasteiger partial charge >= 0.3 is 12.1 Å². The highest BCUT2D eigenvalue weighted by molar-refractivity contribution is 7.13. The molecule has 9 heteroatoms. The molecular weight excluding hydrogens is 442 g/mol. The fourth-order valence-electron chi connectivity index (χ4n) is 3.82. The van der Waals surface area contributed by atoms with Crippen LogP contribution in [0, 0.1) is 0 Å². The van der Waals surface area contributed by atoms with E-state index in [0.29, 0.717) is 16.3 Å². The number of benzene rings is 2. The predicted octanol–water partition coefficient (Wildman–Crippen LogP) is 3.78. The van der Waals surface area contributed by atoms with Gasteiger partial charge in [-0.2, -0.15) is 0 Å². The zero-order valence-corrected chi connectivity index (χ0v) is 18.6. The molecule has 3 aromatic rings. The molecule has 0 aliphatic heterocycles. The smallest absolute Gasteiger partial charge is 0.407 e. The molecule has 0 saturated carbocycles. The molecule has 0 bridgehead atoms. The molecule has 0 atom stereocenters. The number of alkyl carbamates (subject to hydrolysis) is 1. The van der Waals surface area contributed by atoms with Crippen LogP contribution in [0.2, 0.25) is 0 Å². The third-order valence-corrected chi connectivity index (χ3v) is 6.35. The fourth-order valence-corrected chi connectivity index (χ4v) is 4.60. The number of carbonyl (C=O) groups is 3. The van der Waals surface area contributed by atoms with E-state index in [4.69, 9.17) is 9.84 Å². The van der Waals surface area contributed by atoms with E-state index in [0.717, 1.165) is 22.5 Å². The molecule has 0 saturated heterocycles. The summed E-state index contributed by atoms with van der Waals surface area (Å²) >= 11 is 1.16. The molecule has 1 heterocycles. The van der Waals surface area contributed by atoms with E-state index in [1.54, 1.807) is 0 Å². The summed E-state index contributed by atoms with van der Waals surface area (Å²) in [5.74, 6) is -1.23. The molecule has 1 aliphatic carbocycles. The summed E-state index contributed by atoms with van der Waals surface area (Å²) in [5.41, 5.74) is 4.62. The van der Waals surface area contributed by atoms with Crippen molar-refractivity contribution in [3.8, 4) is 11.1 Å². The van der Waals surface area contributed by atoms with Gasteiger partial charge in [0.05, 0.1) is 12.7 Å². The van der Waals surface area contributed by atoms with Crippen molar-refractivity contribution in [3.63, 3.8) is 0 Å². The Morgan fingerprint density at radius 2 is 1.67 bits per heavy atom. The first kappa shape index (κ1) is 22.5. The Kier molecular flexibility index (Phi) is 6.99. The molecule has 1 aliphatic rings. The minimum Gasteiger partial charge on any atom is -0.481 e. The lowest BCUT2D eigenvalue weighted by Crippen LogP contribution is -2.25. The van der Waals surface area contributed by atoms with Crippen LogP contribution < -0.4 is 10.6 Å². The van der Waals surface area contributed by atoms with Crippen LogP contribution in [0.3, 0.4) is 0 Å². The van der Waals surface area contributed by atoms with Crippen molar-refractivity contribution in [1.82, 2.24) is 15.6 Å². The van der Waals surface area contributed by atoms with Gasteiger partial charge < -0.3 is 20.5 Å². The summed E-state index contributed by atoms with van der Waals surface area (Å²) in [5, 5.41) is 14.5. The van der Waals surface area contributed by atoms with Gasteiger partial charge in [-0.25, -0.2) is 9.78 Å². The highest BCUT2D eigenvalue weighted by atomic mass is 32.1. The fraction of sp³-hybridized carbons (Fsp3) is 0.250. The SMILES string of the molecule is O=C(O)CCCNC(=O)c1cnc(CNC(=O)OCC2c3ccccc3-c3ccccc32)s1. The molecule has 33 heavy (non-hydrogen) atoms.